The molecule has 34 heavy (non-hydrogen) atoms. The molecule has 0 saturated carbocycles. The fourth-order valence-electron chi connectivity index (χ4n) is 4.64. The molecule has 0 aliphatic carbocycles. The van der Waals surface area contributed by atoms with Crippen molar-refractivity contribution in [3.8, 4) is 11.4 Å². The van der Waals surface area contributed by atoms with Crippen LogP contribution >= 0.6 is 0 Å². The van der Waals surface area contributed by atoms with Crippen molar-refractivity contribution in [2.75, 3.05) is 27.4 Å². The van der Waals surface area contributed by atoms with E-state index in [4.69, 9.17) is 14.3 Å². The van der Waals surface area contributed by atoms with Gasteiger partial charge in [-0.2, -0.15) is 0 Å². The summed E-state index contributed by atoms with van der Waals surface area (Å²) in [7, 11) is 3.29. The van der Waals surface area contributed by atoms with Crippen molar-refractivity contribution >= 4 is 11.9 Å². The van der Waals surface area contributed by atoms with Gasteiger partial charge in [0.15, 0.2) is 5.84 Å². The molecule has 1 aromatic heterocycles. The molecule has 1 saturated heterocycles. The van der Waals surface area contributed by atoms with Crippen molar-refractivity contribution in [1.29, 1.82) is 0 Å². The lowest BCUT2D eigenvalue weighted by atomic mass is 9.94. The van der Waals surface area contributed by atoms with Gasteiger partial charge in [0, 0.05) is 25.4 Å². The molecule has 176 valence electrons. The molecule has 2 aromatic carbocycles. The Morgan fingerprint density at radius 3 is 2.71 bits per heavy atom. The van der Waals surface area contributed by atoms with Crippen LogP contribution in [0, 0.1) is 12.7 Å². The number of imidazole rings is 1. The number of hydrogen-bond donors (Lipinski definition) is 0. The second kappa shape index (κ2) is 8.95. The Balaban J connectivity index is 1.48. The SMILES string of the molecule is COC[C@@]1(c2ccc(F)cc2)ON=C2C(=Cc3ccc(-n4cnc(C)c4)c(OC)c3)CCCN21. The Hall–Kier alpha value is -3.65. The number of amidine groups is 1. The number of ether oxygens (including phenoxy) is 2. The van der Waals surface area contributed by atoms with Gasteiger partial charge in [-0.05, 0) is 73.4 Å². The van der Waals surface area contributed by atoms with E-state index in [9.17, 15) is 4.39 Å². The fraction of sp³-hybridized carbons (Fsp3) is 0.308. The summed E-state index contributed by atoms with van der Waals surface area (Å²) in [5, 5.41) is 4.47. The highest BCUT2D eigenvalue weighted by Crippen LogP contribution is 2.41. The highest BCUT2D eigenvalue weighted by molar-refractivity contribution is 6.03. The highest BCUT2D eigenvalue weighted by Gasteiger charge is 2.49. The molecule has 7 nitrogen and oxygen atoms in total. The summed E-state index contributed by atoms with van der Waals surface area (Å²) in [5.74, 6) is 1.24. The topological polar surface area (TPSA) is 61.1 Å². The molecule has 0 spiro atoms. The van der Waals surface area contributed by atoms with Gasteiger partial charge >= 0.3 is 0 Å². The molecule has 0 unspecified atom stereocenters. The van der Waals surface area contributed by atoms with Crippen molar-refractivity contribution in [1.82, 2.24) is 14.5 Å². The number of aryl methyl sites for hydroxylation is 1. The number of rotatable bonds is 6. The molecule has 0 N–H and O–H groups in total. The summed E-state index contributed by atoms with van der Waals surface area (Å²) in [6.07, 6.45) is 7.66. The van der Waals surface area contributed by atoms with Gasteiger partial charge in [0.2, 0.25) is 0 Å². The highest BCUT2D eigenvalue weighted by atomic mass is 19.1. The predicted molar refractivity (Wildman–Crippen MR) is 127 cm³/mol. The number of piperidine rings is 1. The van der Waals surface area contributed by atoms with Crippen LogP contribution in [0.15, 0.2) is 65.7 Å². The smallest absolute Gasteiger partial charge is 0.260 e. The number of halogens is 1. The summed E-state index contributed by atoms with van der Waals surface area (Å²) in [5.41, 5.74) is 3.82. The Kier molecular flexibility index (Phi) is 5.83. The Morgan fingerprint density at radius 2 is 2.00 bits per heavy atom. The van der Waals surface area contributed by atoms with E-state index in [1.807, 2.05) is 29.8 Å². The van der Waals surface area contributed by atoms with Crippen LogP contribution < -0.4 is 4.74 Å². The van der Waals surface area contributed by atoms with Crippen LogP contribution in [0.25, 0.3) is 11.8 Å². The number of aromatic nitrogens is 2. The van der Waals surface area contributed by atoms with E-state index in [0.29, 0.717) is 0 Å². The molecule has 0 amide bonds. The largest absolute Gasteiger partial charge is 0.495 e. The van der Waals surface area contributed by atoms with Crippen molar-refractivity contribution in [3.05, 3.63) is 83.2 Å². The van der Waals surface area contributed by atoms with Gasteiger partial charge in [0.1, 0.15) is 18.2 Å². The van der Waals surface area contributed by atoms with E-state index in [-0.39, 0.29) is 12.4 Å². The minimum absolute atomic E-state index is 0.270. The number of fused-ring (bicyclic) bond motifs is 1. The second-order valence-electron chi connectivity index (χ2n) is 8.51. The quantitative estimate of drug-likeness (QED) is 0.534. The molecule has 8 heteroatoms. The lowest BCUT2D eigenvalue weighted by Gasteiger charge is -2.39. The number of nitrogens with zero attached hydrogens (tertiary/aromatic N) is 4. The van der Waals surface area contributed by atoms with E-state index in [0.717, 1.165) is 59.1 Å². The van der Waals surface area contributed by atoms with Crippen LogP contribution in [0.5, 0.6) is 5.75 Å². The average Bonchev–Trinajstić information content (AvgIpc) is 3.45. The molecule has 3 heterocycles. The molecule has 5 rings (SSSR count). The fourth-order valence-corrected chi connectivity index (χ4v) is 4.64. The monoisotopic (exact) mass is 462 g/mol. The maximum Gasteiger partial charge on any atom is 0.260 e. The molecule has 0 bridgehead atoms. The first-order chi connectivity index (χ1) is 16.5. The molecular formula is C26H27FN4O3. The van der Waals surface area contributed by atoms with Crippen LogP contribution in [0.4, 0.5) is 4.39 Å². The van der Waals surface area contributed by atoms with Crippen LogP contribution in [-0.2, 0) is 15.3 Å². The van der Waals surface area contributed by atoms with Crippen LogP contribution in [0.1, 0.15) is 29.7 Å². The van der Waals surface area contributed by atoms with E-state index in [1.54, 1.807) is 32.7 Å². The third kappa shape index (κ3) is 3.84. The van der Waals surface area contributed by atoms with E-state index >= 15 is 0 Å². The van der Waals surface area contributed by atoms with Crippen molar-refractivity contribution in [3.63, 3.8) is 0 Å². The summed E-state index contributed by atoms with van der Waals surface area (Å²) in [6.45, 7) is 2.99. The molecule has 3 aromatic rings. The standard InChI is InChI=1S/C26H27FN4O3/c1-18-15-30(17-28-18)23-11-6-19(14-24(23)33-3)13-20-5-4-12-31-25(20)29-34-26(31,16-32-2)21-7-9-22(27)10-8-21/h6-11,13-15,17H,4-5,12,16H2,1-3H3/t26-/m0/s1. The van der Waals surface area contributed by atoms with Gasteiger partial charge in [-0.15, -0.1) is 0 Å². The Morgan fingerprint density at radius 1 is 1.18 bits per heavy atom. The predicted octanol–water partition coefficient (Wildman–Crippen LogP) is 4.65. The molecule has 0 radical (unpaired) electrons. The maximum atomic E-state index is 13.6. The average molecular weight is 463 g/mol. The normalized spacial score (nSPS) is 20.8. The third-order valence-electron chi connectivity index (χ3n) is 6.26. The van der Waals surface area contributed by atoms with E-state index in [2.05, 4.69) is 27.2 Å². The second-order valence-corrected chi connectivity index (χ2v) is 8.51. The summed E-state index contributed by atoms with van der Waals surface area (Å²) < 4.78 is 26.7. The maximum absolute atomic E-state index is 13.6. The Bertz CT molecular complexity index is 1250. The zero-order chi connectivity index (χ0) is 23.7. The summed E-state index contributed by atoms with van der Waals surface area (Å²) >= 11 is 0. The number of hydrogen-bond acceptors (Lipinski definition) is 6. The molecule has 1 fully saturated rings. The van der Waals surface area contributed by atoms with Crippen molar-refractivity contribution in [2.45, 2.75) is 25.5 Å². The van der Waals surface area contributed by atoms with Gasteiger partial charge in [-0.25, -0.2) is 9.37 Å². The molecule has 1 atom stereocenters. The first kappa shape index (κ1) is 22.2. The minimum Gasteiger partial charge on any atom is -0.495 e. The van der Waals surface area contributed by atoms with Gasteiger partial charge < -0.3 is 23.8 Å². The summed E-state index contributed by atoms with van der Waals surface area (Å²) in [4.78, 5) is 12.5. The lowest BCUT2D eigenvalue weighted by Crippen LogP contribution is -2.51. The first-order valence-corrected chi connectivity index (χ1v) is 11.2. The Labute approximate surface area is 198 Å². The number of oxime groups is 1. The van der Waals surface area contributed by atoms with Crippen molar-refractivity contribution < 1.29 is 18.7 Å². The van der Waals surface area contributed by atoms with Crippen LogP contribution in [0.2, 0.25) is 0 Å². The molecule has 2 aliphatic rings. The molecular weight excluding hydrogens is 435 g/mol. The summed E-state index contributed by atoms with van der Waals surface area (Å²) in [6, 6.07) is 12.4. The van der Waals surface area contributed by atoms with Crippen LogP contribution in [-0.4, -0.2) is 47.7 Å². The third-order valence-corrected chi connectivity index (χ3v) is 6.26. The number of benzene rings is 2. The van der Waals surface area contributed by atoms with Gasteiger partial charge in [-0.3, -0.25) is 0 Å². The lowest BCUT2D eigenvalue weighted by molar-refractivity contribution is -0.145. The zero-order valence-corrected chi connectivity index (χ0v) is 19.5. The van der Waals surface area contributed by atoms with Crippen molar-refractivity contribution in [2.24, 2.45) is 5.16 Å². The van der Waals surface area contributed by atoms with E-state index in [1.165, 1.54) is 12.1 Å². The number of methoxy groups -OCH3 is 2. The van der Waals surface area contributed by atoms with Gasteiger partial charge in [0.25, 0.3) is 5.72 Å². The van der Waals surface area contributed by atoms with Gasteiger partial charge in [0.05, 0.1) is 24.8 Å². The van der Waals surface area contributed by atoms with E-state index < -0.39 is 5.72 Å². The minimum atomic E-state index is -0.919. The van der Waals surface area contributed by atoms with Gasteiger partial charge in [-0.1, -0.05) is 11.2 Å². The first-order valence-electron chi connectivity index (χ1n) is 11.2. The van der Waals surface area contributed by atoms with Crippen LogP contribution in [0.3, 0.4) is 0 Å². The molecule has 2 aliphatic heterocycles. The zero-order valence-electron chi connectivity index (χ0n) is 19.5.